The van der Waals surface area contributed by atoms with Crippen molar-refractivity contribution in [3.8, 4) is 17.2 Å². The molecule has 69 heavy (non-hydrogen) atoms. The number of aryl methyl sites for hydroxylation is 2. The van der Waals surface area contributed by atoms with Crippen LogP contribution in [0.15, 0.2) is 91.0 Å². The zero-order valence-corrected chi connectivity index (χ0v) is 43.7. The Morgan fingerprint density at radius 3 is 2.01 bits per heavy atom. The molecule has 2 amide bonds. The summed E-state index contributed by atoms with van der Waals surface area (Å²) >= 11 is 4.96. The first-order valence-electron chi connectivity index (χ1n) is 23.5. The van der Waals surface area contributed by atoms with Crippen LogP contribution in [0.5, 0.6) is 17.2 Å². The Bertz CT molecular complexity index is 2620. The van der Waals surface area contributed by atoms with Crippen molar-refractivity contribution >= 4 is 41.5 Å². The fraction of sp³-hybridized carbons (Fsp3) is 0.411. The average Bonchev–Trinajstić information content (AvgIpc) is 3.81. The van der Waals surface area contributed by atoms with E-state index in [1.165, 1.54) is 11.1 Å². The Morgan fingerprint density at radius 1 is 0.710 bits per heavy atom. The number of fused-ring (bicyclic) bond motifs is 8. The van der Waals surface area contributed by atoms with Gasteiger partial charge in [-0.05, 0) is 134 Å². The molecule has 2 atom stereocenters. The molecule has 4 heterocycles. The second kappa shape index (κ2) is 23.2. The molecule has 13 heteroatoms. The minimum atomic E-state index is -0.319. The van der Waals surface area contributed by atoms with Crippen molar-refractivity contribution in [2.24, 2.45) is 0 Å². The Balaban J connectivity index is 0.00000352. The summed E-state index contributed by atoms with van der Waals surface area (Å²) in [5.41, 5.74) is 11.5. The van der Waals surface area contributed by atoms with Crippen molar-refractivity contribution in [2.75, 3.05) is 75.0 Å². The van der Waals surface area contributed by atoms with Gasteiger partial charge in [0.25, 0.3) is 11.8 Å². The van der Waals surface area contributed by atoms with E-state index in [4.69, 9.17) is 41.0 Å². The molecule has 0 unspecified atom stereocenters. The molecule has 0 fully saturated rings. The second-order valence-corrected chi connectivity index (χ2v) is 19.9. The summed E-state index contributed by atoms with van der Waals surface area (Å²) in [5, 5.41) is 0. The van der Waals surface area contributed by atoms with E-state index in [0.717, 1.165) is 81.9 Å². The van der Waals surface area contributed by atoms with Gasteiger partial charge in [-0.1, -0.05) is 55.4 Å². The third-order valence-corrected chi connectivity index (χ3v) is 13.3. The first kappa shape index (κ1) is 52.4. The topological polar surface area (TPSA) is 99.2 Å². The summed E-state index contributed by atoms with van der Waals surface area (Å²) in [5.74, 6) is 1.86. The van der Waals surface area contributed by atoms with Crippen molar-refractivity contribution in [1.29, 1.82) is 0 Å². The van der Waals surface area contributed by atoms with Crippen LogP contribution in [0.25, 0.3) is 0 Å². The maximum atomic E-state index is 14.2. The van der Waals surface area contributed by atoms with Crippen LogP contribution in [0.1, 0.15) is 87.4 Å². The van der Waals surface area contributed by atoms with Crippen LogP contribution in [0.4, 0.5) is 17.1 Å². The van der Waals surface area contributed by atoms with E-state index in [0.29, 0.717) is 76.2 Å². The SMILES string of the molecule is C.COCCOCCOCCN(CC(C)(C)S)c1cc(COc2cc3c(cc2C)C(=O)N2c4ccccc4C[C@H]2CC3)cc(COc2cc3c(cc2OC)C(=O)N2c4ccccc4C[C@H]2[CH-]C3)c1.[Y]. The molecule has 0 aliphatic carbocycles. The predicted molar refractivity (Wildman–Crippen MR) is 273 cm³/mol. The number of thiol groups is 1. The molecule has 0 spiro atoms. The van der Waals surface area contributed by atoms with E-state index in [2.05, 4.69) is 73.7 Å². The zero-order valence-electron chi connectivity index (χ0n) is 39.9. The number of hydrogen-bond donors (Lipinski definition) is 1. The molecule has 0 bridgehead atoms. The van der Waals surface area contributed by atoms with Crippen LogP contribution in [0.3, 0.4) is 0 Å². The molecule has 9 rings (SSSR count). The fourth-order valence-corrected chi connectivity index (χ4v) is 10.2. The standard InChI is InChI=1S/C55H62N3O8S.CH4.Y/c1-36-24-46-39(14-16-43-28-41-10-6-8-12-48(41)57(43)53(46)59)30-50(36)65-33-37-25-38(27-45(26-37)56(35-55(2,3)67)18-19-63-22-23-64-21-20-61-4)34-66-52-31-40-15-17-44-29-42-11-7-9-13-49(42)58(44)54(60)47(40)32-51(52)62-5;;/h6-13,17,24-27,30-32,43-44,67H,14-16,18-23,28-29,33-35H2,1-5H3;1H4;/q-1;;/t43-,44-;;/m1../s1. The van der Waals surface area contributed by atoms with Gasteiger partial charge in [-0.15, -0.1) is 0 Å². The van der Waals surface area contributed by atoms with Crippen molar-refractivity contribution in [3.05, 3.63) is 147 Å². The van der Waals surface area contributed by atoms with Crippen LogP contribution in [0.2, 0.25) is 0 Å². The molecule has 11 nitrogen and oxygen atoms in total. The van der Waals surface area contributed by atoms with Crippen LogP contribution in [0, 0.1) is 13.3 Å². The zero-order chi connectivity index (χ0) is 46.7. The number of anilines is 3. The molecular weight excluding hydrogens is 964 g/mol. The summed E-state index contributed by atoms with van der Waals surface area (Å²) in [6, 6.07) is 30.9. The number of amides is 2. The number of benzene rings is 5. The summed E-state index contributed by atoms with van der Waals surface area (Å²) in [6.07, 6.45) is 6.23. The van der Waals surface area contributed by atoms with Crippen molar-refractivity contribution < 1.29 is 70.7 Å². The van der Waals surface area contributed by atoms with Crippen molar-refractivity contribution in [3.63, 3.8) is 0 Å². The van der Waals surface area contributed by atoms with Crippen LogP contribution >= 0.6 is 12.6 Å². The molecule has 1 radical (unpaired) electrons. The predicted octanol–water partition coefficient (Wildman–Crippen LogP) is 9.84. The van der Waals surface area contributed by atoms with Gasteiger partial charge in [0.15, 0.2) is 11.5 Å². The quantitative estimate of drug-likeness (QED) is 0.0493. The smallest absolute Gasteiger partial charge is 0.258 e. The minimum Gasteiger partial charge on any atom is -0.493 e. The Kier molecular flexibility index (Phi) is 17.6. The number of methoxy groups -OCH3 is 2. The van der Waals surface area contributed by atoms with Gasteiger partial charge in [0.05, 0.1) is 40.1 Å². The Hall–Kier alpha value is -4.43. The van der Waals surface area contributed by atoms with Gasteiger partial charge in [-0.3, -0.25) is 9.59 Å². The van der Waals surface area contributed by atoms with Crippen molar-refractivity contribution in [2.45, 2.75) is 90.3 Å². The molecule has 4 aliphatic rings. The van der Waals surface area contributed by atoms with Crippen LogP contribution in [-0.4, -0.2) is 89.0 Å². The third-order valence-electron chi connectivity index (χ3n) is 13.2. The van der Waals surface area contributed by atoms with Gasteiger partial charge in [0, 0.05) is 91.9 Å². The van der Waals surface area contributed by atoms with E-state index in [1.54, 1.807) is 14.2 Å². The van der Waals surface area contributed by atoms with Gasteiger partial charge >= 0.3 is 0 Å². The molecule has 363 valence electrons. The molecule has 5 aromatic carbocycles. The molecule has 0 N–H and O–H groups in total. The average molecular weight is 1030 g/mol. The van der Waals surface area contributed by atoms with E-state index >= 15 is 0 Å². The maximum absolute atomic E-state index is 14.2. The summed E-state index contributed by atoms with van der Waals surface area (Å²) in [6.45, 7) is 10.6. The van der Waals surface area contributed by atoms with Gasteiger partial charge in [0.1, 0.15) is 19.0 Å². The first-order valence-corrected chi connectivity index (χ1v) is 23.9. The van der Waals surface area contributed by atoms with E-state index in [1.807, 2.05) is 59.2 Å². The van der Waals surface area contributed by atoms with Gasteiger partial charge in [-0.2, -0.15) is 19.0 Å². The van der Waals surface area contributed by atoms with Gasteiger partial charge < -0.3 is 49.5 Å². The van der Waals surface area contributed by atoms with E-state index < -0.39 is 0 Å². The van der Waals surface area contributed by atoms with Crippen molar-refractivity contribution in [1.82, 2.24) is 0 Å². The molecular formula is C56H66N3O8SY-. The van der Waals surface area contributed by atoms with Gasteiger partial charge in [0.2, 0.25) is 0 Å². The monoisotopic (exact) mass is 1030 g/mol. The Morgan fingerprint density at radius 2 is 1.32 bits per heavy atom. The summed E-state index contributed by atoms with van der Waals surface area (Å²) in [7, 11) is 3.27. The third kappa shape index (κ3) is 11.9. The molecule has 0 aromatic heterocycles. The van der Waals surface area contributed by atoms with Crippen LogP contribution in [-0.2, 0) is 85.8 Å². The van der Waals surface area contributed by atoms with E-state index in [9.17, 15) is 9.59 Å². The normalized spacial score (nSPS) is 16.7. The number of carbonyl (C=O) groups excluding carboxylic acids is 2. The second-order valence-electron chi connectivity index (χ2n) is 18.7. The number of para-hydroxylation sites is 2. The first-order chi connectivity index (χ1) is 32.5. The molecule has 5 aromatic rings. The summed E-state index contributed by atoms with van der Waals surface area (Å²) < 4.78 is 35.7. The van der Waals surface area contributed by atoms with E-state index in [-0.39, 0.29) is 75.4 Å². The number of rotatable bonds is 19. The number of nitrogens with zero attached hydrogens (tertiary/aromatic N) is 3. The summed E-state index contributed by atoms with van der Waals surface area (Å²) in [4.78, 5) is 34.5. The molecule has 0 saturated heterocycles. The maximum Gasteiger partial charge on any atom is 0.258 e. The number of ether oxygens (including phenoxy) is 6. The Labute approximate surface area is 439 Å². The molecule has 4 aliphatic heterocycles. The number of carbonyl (C=O) groups is 2. The largest absolute Gasteiger partial charge is 0.493 e. The minimum absolute atomic E-state index is 0. The fourth-order valence-electron chi connectivity index (χ4n) is 10.0. The molecule has 0 saturated carbocycles. The number of hydrogen-bond acceptors (Lipinski definition) is 10. The van der Waals surface area contributed by atoms with Crippen LogP contribution < -0.4 is 28.9 Å². The van der Waals surface area contributed by atoms with Gasteiger partial charge in [-0.25, -0.2) is 0 Å².